The predicted molar refractivity (Wildman–Crippen MR) is 120 cm³/mol. The molecule has 0 atom stereocenters. The first-order valence-corrected chi connectivity index (χ1v) is 11.9. The zero-order valence-electron chi connectivity index (χ0n) is 18.0. The monoisotopic (exact) mass is 460 g/mol. The van der Waals surface area contributed by atoms with Crippen LogP contribution in [-0.2, 0) is 21.5 Å². The van der Waals surface area contributed by atoms with Crippen LogP contribution < -0.4 is 15.6 Å². The molecule has 2 aliphatic rings. The fourth-order valence-corrected chi connectivity index (χ4v) is 5.42. The Labute approximate surface area is 188 Å². The molecular formula is C21H28N6O4S. The third kappa shape index (κ3) is 4.76. The second kappa shape index (κ2) is 9.51. The van der Waals surface area contributed by atoms with Crippen molar-refractivity contribution < 1.29 is 17.9 Å². The molecule has 10 nitrogen and oxygen atoms in total. The van der Waals surface area contributed by atoms with E-state index in [1.807, 2.05) is 25.1 Å². The number of pyridine rings is 1. The van der Waals surface area contributed by atoms with Crippen LogP contribution in [0.3, 0.4) is 0 Å². The van der Waals surface area contributed by atoms with Gasteiger partial charge < -0.3 is 4.74 Å². The van der Waals surface area contributed by atoms with Gasteiger partial charge in [-0.1, -0.05) is 12.1 Å². The number of aryl methyl sites for hydroxylation is 1. The van der Waals surface area contributed by atoms with Gasteiger partial charge in [-0.05, 0) is 36.8 Å². The summed E-state index contributed by atoms with van der Waals surface area (Å²) in [5.74, 6) is 4.71. The maximum absolute atomic E-state index is 13.7. The second-order valence-electron chi connectivity index (χ2n) is 7.99. The van der Waals surface area contributed by atoms with E-state index in [4.69, 9.17) is 10.6 Å². The van der Waals surface area contributed by atoms with Crippen LogP contribution >= 0.6 is 0 Å². The van der Waals surface area contributed by atoms with E-state index in [-0.39, 0.29) is 6.54 Å². The minimum atomic E-state index is -3.79. The summed E-state index contributed by atoms with van der Waals surface area (Å²) in [4.78, 5) is 18.2. The summed E-state index contributed by atoms with van der Waals surface area (Å²) in [6, 6.07) is 11.0. The highest BCUT2D eigenvalue weighted by Gasteiger charge is 2.36. The van der Waals surface area contributed by atoms with Gasteiger partial charge in [0.2, 0.25) is 0 Å². The Kier molecular flexibility index (Phi) is 6.72. The summed E-state index contributed by atoms with van der Waals surface area (Å²) in [6.07, 6.45) is 1.39. The predicted octanol–water partition coefficient (Wildman–Crippen LogP) is 0.261. The number of hydrogen-bond donors (Lipinski definition) is 2. The van der Waals surface area contributed by atoms with Gasteiger partial charge in [-0.3, -0.25) is 24.4 Å². The maximum Gasteiger partial charge on any atom is 0.304 e. The number of nitrogens with two attached hydrogens (primary N) is 1. The van der Waals surface area contributed by atoms with Crippen LogP contribution in [0.2, 0.25) is 0 Å². The Balaban J connectivity index is 1.57. The number of nitrogens with one attached hydrogen (secondary N) is 1. The summed E-state index contributed by atoms with van der Waals surface area (Å²) in [5.41, 5.74) is 4.42. The quantitative estimate of drug-likeness (QED) is 0.345. The number of amides is 1. The van der Waals surface area contributed by atoms with Crippen LogP contribution in [0.25, 0.3) is 0 Å². The maximum atomic E-state index is 13.7. The number of anilines is 1. The number of hydrogen-bond acceptors (Lipinski definition) is 7. The van der Waals surface area contributed by atoms with Crippen molar-refractivity contribution in [3.05, 3.63) is 59.4 Å². The minimum Gasteiger partial charge on any atom is -0.378 e. The van der Waals surface area contributed by atoms with Crippen molar-refractivity contribution in [3.63, 3.8) is 0 Å². The number of hydrazine groups is 1. The van der Waals surface area contributed by atoms with E-state index in [0.29, 0.717) is 62.4 Å². The molecule has 4 rings (SSSR count). The smallest absolute Gasteiger partial charge is 0.304 e. The molecule has 11 heteroatoms. The van der Waals surface area contributed by atoms with Crippen molar-refractivity contribution in [1.82, 2.24) is 19.6 Å². The van der Waals surface area contributed by atoms with Gasteiger partial charge in [0.25, 0.3) is 5.91 Å². The van der Waals surface area contributed by atoms with Crippen LogP contribution in [-0.4, -0.2) is 73.9 Å². The van der Waals surface area contributed by atoms with E-state index >= 15 is 0 Å². The molecule has 1 aromatic heterocycles. The van der Waals surface area contributed by atoms with Gasteiger partial charge in [0.15, 0.2) is 0 Å². The van der Waals surface area contributed by atoms with E-state index in [1.54, 1.807) is 18.2 Å². The van der Waals surface area contributed by atoms with Crippen LogP contribution in [0.5, 0.6) is 0 Å². The molecule has 3 heterocycles. The third-order valence-corrected chi connectivity index (χ3v) is 7.74. The lowest BCUT2D eigenvalue weighted by molar-refractivity contribution is -0.0721. The largest absolute Gasteiger partial charge is 0.378 e. The molecule has 2 aromatic rings. The van der Waals surface area contributed by atoms with E-state index in [9.17, 15) is 13.2 Å². The highest BCUT2D eigenvalue weighted by molar-refractivity contribution is 7.90. The number of carbonyl (C=O) groups is 1. The molecule has 2 saturated heterocycles. The van der Waals surface area contributed by atoms with E-state index in [0.717, 1.165) is 5.56 Å². The molecule has 2 fully saturated rings. The lowest BCUT2D eigenvalue weighted by Crippen LogP contribution is -2.59. The van der Waals surface area contributed by atoms with E-state index in [1.165, 1.54) is 14.8 Å². The summed E-state index contributed by atoms with van der Waals surface area (Å²) in [6.45, 7) is 5.59. The Hall–Kier alpha value is -2.57. The molecular weight excluding hydrogens is 432 g/mol. The second-order valence-corrected chi connectivity index (χ2v) is 9.84. The summed E-state index contributed by atoms with van der Waals surface area (Å²) < 4.78 is 35.5. The topological polar surface area (TPSA) is 121 Å². The van der Waals surface area contributed by atoms with Crippen molar-refractivity contribution >= 4 is 21.8 Å². The Bertz CT molecular complexity index is 1050. The molecule has 0 radical (unpaired) electrons. The zero-order chi connectivity index (χ0) is 22.7. The number of aromatic nitrogens is 1. The average molecular weight is 461 g/mol. The number of ether oxygens (including phenoxy) is 1. The number of benzene rings is 1. The van der Waals surface area contributed by atoms with Crippen molar-refractivity contribution in [2.45, 2.75) is 19.5 Å². The van der Waals surface area contributed by atoms with Gasteiger partial charge in [0, 0.05) is 32.4 Å². The van der Waals surface area contributed by atoms with Gasteiger partial charge in [0.05, 0.1) is 42.7 Å². The van der Waals surface area contributed by atoms with E-state index in [2.05, 4.69) is 15.3 Å². The fraction of sp³-hybridized carbons (Fsp3) is 0.429. The Morgan fingerprint density at radius 1 is 1.22 bits per heavy atom. The molecule has 2 aliphatic heterocycles. The normalized spacial score (nSPS) is 18.2. The first-order chi connectivity index (χ1) is 15.4. The lowest BCUT2D eigenvalue weighted by Gasteiger charge is -2.43. The minimum absolute atomic E-state index is 0.0486. The number of piperazine rings is 1. The standard InChI is InChI=1S/C21H28N6O4S/c1-16-3-2-4-19(11-16)27(13-18-6-5-17(12-23-18)21(28)24-22)32(29,30)26-9-7-25(8-10-26)20-14-31-15-20/h2-6,11-12,20H,7-10,13-15,22H2,1H3,(H,24,28). The van der Waals surface area contributed by atoms with Crippen LogP contribution in [0.15, 0.2) is 42.6 Å². The molecule has 3 N–H and O–H groups in total. The van der Waals surface area contributed by atoms with Crippen molar-refractivity contribution in [3.8, 4) is 0 Å². The highest BCUT2D eigenvalue weighted by atomic mass is 32.2. The number of nitrogens with zero attached hydrogens (tertiary/aromatic N) is 4. The van der Waals surface area contributed by atoms with Crippen molar-refractivity contribution in [2.75, 3.05) is 43.7 Å². The van der Waals surface area contributed by atoms with Crippen LogP contribution in [0, 0.1) is 6.92 Å². The van der Waals surface area contributed by atoms with Gasteiger partial charge in [-0.15, -0.1) is 0 Å². The molecule has 1 aromatic carbocycles. The first-order valence-electron chi connectivity index (χ1n) is 10.5. The third-order valence-electron chi connectivity index (χ3n) is 5.83. The van der Waals surface area contributed by atoms with Gasteiger partial charge in [0.1, 0.15) is 0 Å². The van der Waals surface area contributed by atoms with Gasteiger partial charge in [-0.2, -0.15) is 12.7 Å². The molecule has 0 bridgehead atoms. The Morgan fingerprint density at radius 2 is 1.97 bits per heavy atom. The highest BCUT2D eigenvalue weighted by Crippen LogP contribution is 2.25. The van der Waals surface area contributed by atoms with Crippen LogP contribution in [0.1, 0.15) is 21.6 Å². The van der Waals surface area contributed by atoms with Gasteiger partial charge in [-0.25, -0.2) is 5.84 Å². The first kappa shape index (κ1) is 22.6. The SMILES string of the molecule is Cc1cccc(N(Cc2ccc(C(=O)NN)cn2)S(=O)(=O)N2CCN(C3COC3)CC2)c1. The molecule has 0 saturated carbocycles. The molecule has 172 valence electrons. The molecule has 0 aliphatic carbocycles. The summed E-state index contributed by atoms with van der Waals surface area (Å²) >= 11 is 0. The average Bonchev–Trinajstić information content (AvgIpc) is 2.76. The number of rotatable bonds is 7. The zero-order valence-corrected chi connectivity index (χ0v) is 18.8. The molecule has 32 heavy (non-hydrogen) atoms. The number of nitrogen functional groups attached to an aromatic ring is 1. The van der Waals surface area contributed by atoms with E-state index < -0.39 is 16.1 Å². The molecule has 0 unspecified atom stereocenters. The fourth-order valence-electron chi connectivity index (χ4n) is 3.84. The lowest BCUT2D eigenvalue weighted by atomic mass is 10.2. The Morgan fingerprint density at radius 3 is 2.53 bits per heavy atom. The number of carbonyl (C=O) groups excluding carboxylic acids is 1. The summed E-state index contributed by atoms with van der Waals surface area (Å²) in [5, 5.41) is 0. The van der Waals surface area contributed by atoms with Crippen molar-refractivity contribution in [1.29, 1.82) is 0 Å². The molecule has 1 amide bonds. The molecule has 0 spiro atoms. The van der Waals surface area contributed by atoms with Gasteiger partial charge >= 0.3 is 10.2 Å². The summed E-state index contributed by atoms with van der Waals surface area (Å²) in [7, 11) is -3.79. The van der Waals surface area contributed by atoms with Crippen LogP contribution in [0.4, 0.5) is 5.69 Å². The van der Waals surface area contributed by atoms with Crippen molar-refractivity contribution in [2.24, 2.45) is 5.84 Å².